The molecule has 1 aliphatic rings. The van der Waals surface area contributed by atoms with E-state index in [-0.39, 0.29) is 11.9 Å². The van der Waals surface area contributed by atoms with Crippen LogP contribution < -0.4 is 5.32 Å². The first-order chi connectivity index (χ1) is 7.74. The zero-order valence-corrected chi connectivity index (χ0v) is 11.1. The lowest BCUT2D eigenvalue weighted by Crippen LogP contribution is -2.32. The summed E-state index contributed by atoms with van der Waals surface area (Å²) in [6, 6.07) is 5.73. The van der Waals surface area contributed by atoms with Gasteiger partial charge in [0.05, 0.1) is 4.47 Å². The molecule has 1 aromatic carbocycles. The molecule has 1 saturated carbocycles. The van der Waals surface area contributed by atoms with Gasteiger partial charge in [-0.3, -0.25) is 0 Å². The summed E-state index contributed by atoms with van der Waals surface area (Å²) in [5.74, 6) is 0.490. The van der Waals surface area contributed by atoms with Gasteiger partial charge >= 0.3 is 0 Å². The van der Waals surface area contributed by atoms with Crippen LogP contribution in [0.2, 0.25) is 0 Å². The van der Waals surface area contributed by atoms with E-state index in [0.717, 1.165) is 12.1 Å². The second-order valence-electron chi connectivity index (χ2n) is 4.37. The highest BCUT2D eigenvalue weighted by atomic mass is 79.9. The zero-order chi connectivity index (χ0) is 11.5. The highest BCUT2D eigenvalue weighted by Crippen LogP contribution is 2.39. The molecule has 88 valence electrons. The molecule has 0 radical (unpaired) electrons. The van der Waals surface area contributed by atoms with Crippen molar-refractivity contribution in [2.75, 3.05) is 6.54 Å². The van der Waals surface area contributed by atoms with Crippen molar-refractivity contribution >= 4 is 15.9 Å². The monoisotopic (exact) mass is 285 g/mol. The Morgan fingerprint density at radius 2 is 2.25 bits per heavy atom. The van der Waals surface area contributed by atoms with Crippen LogP contribution in [0, 0.1) is 11.7 Å². The fraction of sp³-hybridized carbons (Fsp3) is 0.538. The van der Waals surface area contributed by atoms with E-state index in [1.165, 1.54) is 19.3 Å². The molecule has 0 amide bonds. The molecule has 0 aliphatic heterocycles. The number of hydrogen-bond acceptors (Lipinski definition) is 1. The first-order valence-corrected chi connectivity index (χ1v) is 6.70. The molecular weight excluding hydrogens is 269 g/mol. The number of hydrogen-bond donors (Lipinski definition) is 1. The van der Waals surface area contributed by atoms with Gasteiger partial charge in [-0.2, -0.15) is 0 Å². The van der Waals surface area contributed by atoms with Gasteiger partial charge in [0.15, 0.2) is 0 Å². The Morgan fingerprint density at radius 1 is 1.50 bits per heavy atom. The lowest BCUT2D eigenvalue weighted by molar-refractivity contribution is 0.229. The van der Waals surface area contributed by atoms with Crippen molar-refractivity contribution in [3.05, 3.63) is 34.1 Å². The Kier molecular flexibility index (Phi) is 3.98. The van der Waals surface area contributed by atoms with Crippen molar-refractivity contribution in [2.24, 2.45) is 5.92 Å². The molecule has 1 aliphatic carbocycles. The van der Waals surface area contributed by atoms with E-state index in [4.69, 9.17) is 0 Å². The van der Waals surface area contributed by atoms with Gasteiger partial charge in [-0.15, -0.1) is 0 Å². The van der Waals surface area contributed by atoms with Gasteiger partial charge in [-0.1, -0.05) is 25.5 Å². The smallest absolute Gasteiger partial charge is 0.142 e. The third-order valence-electron chi connectivity index (χ3n) is 3.36. The van der Waals surface area contributed by atoms with Crippen LogP contribution in [0.3, 0.4) is 0 Å². The molecule has 0 saturated heterocycles. The van der Waals surface area contributed by atoms with Crippen LogP contribution in [0.5, 0.6) is 0 Å². The van der Waals surface area contributed by atoms with Crippen LogP contribution in [0.25, 0.3) is 0 Å². The molecule has 1 N–H and O–H groups in total. The minimum absolute atomic E-state index is 0.111. The van der Waals surface area contributed by atoms with Gasteiger partial charge in [0.2, 0.25) is 0 Å². The molecule has 0 bridgehead atoms. The molecule has 1 aromatic rings. The second-order valence-corrected chi connectivity index (χ2v) is 5.22. The number of benzene rings is 1. The van der Waals surface area contributed by atoms with Crippen LogP contribution in [0.1, 0.15) is 37.8 Å². The van der Waals surface area contributed by atoms with Gasteiger partial charge in [0.25, 0.3) is 0 Å². The molecule has 1 atom stereocenters. The maximum atomic E-state index is 14.0. The minimum atomic E-state index is -0.111. The molecular formula is C13H17BrFN. The maximum Gasteiger partial charge on any atom is 0.142 e. The summed E-state index contributed by atoms with van der Waals surface area (Å²) in [5.41, 5.74) is 0.806. The predicted octanol–water partition coefficient (Wildman–Crippen LogP) is 4.04. The van der Waals surface area contributed by atoms with Crippen molar-refractivity contribution in [2.45, 2.75) is 32.2 Å². The normalized spacial score (nSPS) is 18.2. The van der Waals surface area contributed by atoms with Gasteiger partial charge in [0, 0.05) is 11.6 Å². The van der Waals surface area contributed by atoms with Crippen LogP contribution in [0.4, 0.5) is 4.39 Å². The molecule has 1 unspecified atom stereocenters. The summed E-state index contributed by atoms with van der Waals surface area (Å²) in [6.45, 7) is 2.95. The largest absolute Gasteiger partial charge is 0.310 e. The van der Waals surface area contributed by atoms with E-state index in [1.54, 1.807) is 6.07 Å². The molecule has 2 rings (SSSR count). The number of halogens is 2. The Morgan fingerprint density at radius 3 is 2.81 bits per heavy atom. The fourth-order valence-corrected chi connectivity index (χ4v) is 2.67. The summed E-state index contributed by atoms with van der Waals surface area (Å²) < 4.78 is 14.6. The standard InChI is InChI=1S/C13H17BrFN/c1-2-16-13(9-5-3-6-9)10-7-4-8-11(14)12(10)15/h4,7-9,13,16H,2-3,5-6H2,1H3. The lowest BCUT2D eigenvalue weighted by Gasteiger charge is -2.34. The summed E-state index contributed by atoms with van der Waals surface area (Å²) in [6.07, 6.45) is 3.70. The lowest BCUT2D eigenvalue weighted by atomic mass is 9.77. The molecule has 3 heteroatoms. The predicted molar refractivity (Wildman–Crippen MR) is 67.9 cm³/mol. The van der Waals surface area contributed by atoms with Crippen LogP contribution >= 0.6 is 15.9 Å². The van der Waals surface area contributed by atoms with Gasteiger partial charge in [-0.25, -0.2) is 4.39 Å². The average Bonchev–Trinajstić information content (AvgIpc) is 2.19. The Balaban J connectivity index is 2.26. The highest BCUT2D eigenvalue weighted by Gasteiger charge is 2.29. The van der Waals surface area contributed by atoms with Crippen molar-refractivity contribution in [1.82, 2.24) is 5.32 Å². The van der Waals surface area contributed by atoms with Crippen molar-refractivity contribution in [3.8, 4) is 0 Å². The third kappa shape index (κ3) is 2.30. The molecule has 1 fully saturated rings. The summed E-state index contributed by atoms with van der Waals surface area (Å²) in [5, 5.41) is 3.41. The maximum absolute atomic E-state index is 14.0. The van der Waals surface area contributed by atoms with Crippen molar-refractivity contribution in [1.29, 1.82) is 0 Å². The second kappa shape index (κ2) is 5.28. The molecule has 0 heterocycles. The van der Waals surface area contributed by atoms with Crippen LogP contribution in [-0.4, -0.2) is 6.54 Å². The first-order valence-electron chi connectivity index (χ1n) is 5.91. The van der Waals surface area contributed by atoms with Gasteiger partial charge < -0.3 is 5.32 Å². The zero-order valence-electron chi connectivity index (χ0n) is 9.47. The fourth-order valence-electron chi connectivity index (χ4n) is 2.28. The van der Waals surface area contributed by atoms with E-state index >= 15 is 0 Å². The Labute approximate surface area is 105 Å². The first kappa shape index (κ1) is 12.1. The molecule has 0 aromatic heterocycles. The average molecular weight is 286 g/mol. The van der Waals surface area contributed by atoms with E-state index in [1.807, 2.05) is 12.1 Å². The van der Waals surface area contributed by atoms with Crippen LogP contribution in [0.15, 0.2) is 22.7 Å². The van der Waals surface area contributed by atoms with Crippen molar-refractivity contribution in [3.63, 3.8) is 0 Å². The molecule has 0 spiro atoms. The van der Waals surface area contributed by atoms with Crippen molar-refractivity contribution < 1.29 is 4.39 Å². The van der Waals surface area contributed by atoms with E-state index in [2.05, 4.69) is 28.2 Å². The van der Waals surface area contributed by atoms with Crippen LogP contribution in [-0.2, 0) is 0 Å². The topological polar surface area (TPSA) is 12.0 Å². The molecule has 1 nitrogen and oxygen atoms in total. The summed E-state index contributed by atoms with van der Waals surface area (Å²) in [7, 11) is 0. The minimum Gasteiger partial charge on any atom is -0.310 e. The van der Waals surface area contributed by atoms with E-state index in [0.29, 0.717) is 10.4 Å². The molecule has 16 heavy (non-hydrogen) atoms. The van der Waals surface area contributed by atoms with E-state index in [9.17, 15) is 4.39 Å². The summed E-state index contributed by atoms with van der Waals surface area (Å²) >= 11 is 3.25. The quantitative estimate of drug-likeness (QED) is 0.881. The Bertz CT molecular complexity index is 363. The number of nitrogens with one attached hydrogen (secondary N) is 1. The summed E-state index contributed by atoms with van der Waals surface area (Å²) in [4.78, 5) is 0. The Hall–Kier alpha value is -0.410. The SMILES string of the molecule is CCNC(c1cccc(Br)c1F)C1CCC1. The van der Waals surface area contributed by atoms with E-state index < -0.39 is 0 Å². The van der Waals surface area contributed by atoms with Gasteiger partial charge in [-0.05, 0) is 47.3 Å². The number of rotatable bonds is 4. The van der Waals surface area contributed by atoms with Gasteiger partial charge in [0.1, 0.15) is 5.82 Å². The third-order valence-corrected chi connectivity index (χ3v) is 3.97. The highest BCUT2D eigenvalue weighted by molar-refractivity contribution is 9.10.